The zero-order valence-electron chi connectivity index (χ0n) is 10.9. The van der Waals surface area contributed by atoms with Crippen molar-refractivity contribution in [1.29, 1.82) is 0 Å². The maximum absolute atomic E-state index is 13.7. The average molecular weight is 299 g/mol. The molecule has 21 heavy (non-hydrogen) atoms. The second kappa shape index (κ2) is 6.24. The molecular weight excluding hydrogens is 286 g/mol. The van der Waals surface area contributed by atoms with Gasteiger partial charge in [0.25, 0.3) is 0 Å². The van der Waals surface area contributed by atoms with E-state index in [1.807, 2.05) is 0 Å². The molecule has 0 bridgehead atoms. The molecule has 3 N–H and O–H groups in total. The van der Waals surface area contributed by atoms with Gasteiger partial charge >= 0.3 is 0 Å². The van der Waals surface area contributed by atoms with Gasteiger partial charge in [-0.2, -0.15) is 0 Å². The van der Waals surface area contributed by atoms with Gasteiger partial charge in [0.15, 0.2) is 0 Å². The van der Waals surface area contributed by atoms with E-state index >= 15 is 0 Å². The van der Waals surface area contributed by atoms with E-state index in [2.05, 4.69) is 0 Å². The first kappa shape index (κ1) is 15.5. The molecule has 2 aromatic carbocycles. The van der Waals surface area contributed by atoms with Crippen molar-refractivity contribution in [3.63, 3.8) is 0 Å². The first-order valence-corrected chi connectivity index (χ1v) is 6.22. The quantitative estimate of drug-likeness (QED) is 0.853. The molecule has 0 aliphatic heterocycles. The Bertz CT molecular complexity index is 624. The second-order valence-corrected chi connectivity index (χ2v) is 4.63. The predicted molar refractivity (Wildman–Crippen MR) is 69.5 cm³/mol. The number of nitrogens with two attached hydrogens (primary N) is 1. The molecule has 0 radical (unpaired) electrons. The lowest BCUT2D eigenvalue weighted by Gasteiger charge is -2.23. The summed E-state index contributed by atoms with van der Waals surface area (Å²) in [5.41, 5.74) is 5.14. The van der Waals surface area contributed by atoms with Crippen LogP contribution in [0, 0.1) is 23.3 Å². The lowest BCUT2D eigenvalue weighted by atomic mass is 9.88. The minimum Gasteiger partial charge on any atom is -0.388 e. The Morgan fingerprint density at radius 3 is 2.10 bits per heavy atom. The number of aliphatic hydroxyl groups is 1. The van der Waals surface area contributed by atoms with E-state index in [0.29, 0.717) is 17.7 Å². The fourth-order valence-electron chi connectivity index (χ4n) is 2.22. The second-order valence-electron chi connectivity index (χ2n) is 4.63. The van der Waals surface area contributed by atoms with Crippen LogP contribution in [0.4, 0.5) is 17.6 Å². The topological polar surface area (TPSA) is 46.2 Å². The minimum atomic E-state index is -1.66. The van der Waals surface area contributed by atoms with Gasteiger partial charge < -0.3 is 10.8 Å². The van der Waals surface area contributed by atoms with Crippen LogP contribution in [0.5, 0.6) is 0 Å². The highest BCUT2D eigenvalue weighted by Crippen LogP contribution is 2.33. The zero-order chi connectivity index (χ0) is 15.6. The third kappa shape index (κ3) is 3.22. The van der Waals surface area contributed by atoms with E-state index in [9.17, 15) is 22.7 Å². The average Bonchev–Trinajstić information content (AvgIpc) is 2.38. The summed E-state index contributed by atoms with van der Waals surface area (Å²) in [6, 6.07) is 6.16. The molecule has 0 aliphatic rings. The maximum Gasteiger partial charge on any atom is 0.134 e. The van der Waals surface area contributed by atoms with Gasteiger partial charge in [-0.3, -0.25) is 0 Å². The number of benzene rings is 2. The first-order chi connectivity index (χ1) is 9.93. The Morgan fingerprint density at radius 1 is 0.952 bits per heavy atom. The fourth-order valence-corrected chi connectivity index (χ4v) is 2.22. The first-order valence-electron chi connectivity index (χ1n) is 6.22. The Labute approximate surface area is 118 Å². The molecule has 0 saturated heterocycles. The molecule has 0 spiro atoms. The maximum atomic E-state index is 13.7. The summed E-state index contributed by atoms with van der Waals surface area (Å²) in [5, 5.41) is 10.2. The van der Waals surface area contributed by atoms with Crippen molar-refractivity contribution in [3.8, 4) is 0 Å². The number of aliphatic hydroxyl groups excluding tert-OH is 1. The van der Waals surface area contributed by atoms with E-state index in [4.69, 9.17) is 5.73 Å². The number of rotatable bonds is 4. The van der Waals surface area contributed by atoms with E-state index in [1.54, 1.807) is 0 Å². The predicted octanol–water partition coefficient (Wildman–Crippen LogP) is 3.02. The zero-order valence-corrected chi connectivity index (χ0v) is 10.9. The van der Waals surface area contributed by atoms with Crippen LogP contribution in [0.3, 0.4) is 0 Å². The van der Waals surface area contributed by atoms with Crippen LogP contribution in [0.2, 0.25) is 0 Å². The Balaban J connectivity index is 2.44. The van der Waals surface area contributed by atoms with Gasteiger partial charge in [-0.1, -0.05) is 12.1 Å². The number of hydrogen-bond acceptors (Lipinski definition) is 2. The number of hydrogen-bond donors (Lipinski definition) is 2. The molecule has 0 heterocycles. The highest BCUT2D eigenvalue weighted by atomic mass is 19.1. The van der Waals surface area contributed by atoms with Crippen molar-refractivity contribution in [2.45, 2.75) is 12.0 Å². The SMILES string of the molecule is NCC(c1cccc(F)c1)C(O)c1c(F)cc(F)cc1F. The Hall–Kier alpha value is -1.92. The van der Waals surface area contributed by atoms with Crippen LogP contribution in [0.15, 0.2) is 36.4 Å². The smallest absolute Gasteiger partial charge is 0.134 e. The summed E-state index contributed by atoms with van der Waals surface area (Å²) in [6.07, 6.45) is -1.66. The summed E-state index contributed by atoms with van der Waals surface area (Å²) in [7, 11) is 0. The lowest BCUT2D eigenvalue weighted by molar-refractivity contribution is 0.138. The molecule has 2 unspecified atom stereocenters. The van der Waals surface area contributed by atoms with E-state index in [0.717, 1.165) is 6.07 Å². The van der Waals surface area contributed by atoms with Gasteiger partial charge in [0.2, 0.25) is 0 Å². The Morgan fingerprint density at radius 2 is 1.57 bits per heavy atom. The van der Waals surface area contributed by atoms with Gasteiger partial charge in [-0.05, 0) is 17.7 Å². The van der Waals surface area contributed by atoms with Crippen LogP contribution in [-0.4, -0.2) is 11.7 Å². The van der Waals surface area contributed by atoms with Crippen molar-refractivity contribution < 1.29 is 22.7 Å². The molecule has 0 saturated carbocycles. The summed E-state index contributed by atoms with van der Waals surface area (Å²) in [5.74, 6) is -4.99. The van der Waals surface area contributed by atoms with Crippen molar-refractivity contribution in [1.82, 2.24) is 0 Å². The standard InChI is InChI=1S/C15H13F4NO/c16-9-3-1-2-8(4-9)11(7-20)15(21)14-12(18)5-10(17)6-13(14)19/h1-6,11,15,21H,7,20H2. The molecular formula is C15H13F4NO. The highest BCUT2D eigenvalue weighted by Gasteiger charge is 2.27. The molecule has 2 nitrogen and oxygen atoms in total. The molecule has 0 aromatic heterocycles. The van der Waals surface area contributed by atoms with Gasteiger partial charge in [0, 0.05) is 24.6 Å². The molecule has 2 aromatic rings. The van der Waals surface area contributed by atoms with E-state index in [1.165, 1.54) is 18.2 Å². The van der Waals surface area contributed by atoms with Crippen LogP contribution in [0.1, 0.15) is 23.1 Å². The van der Waals surface area contributed by atoms with E-state index < -0.39 is 40.9 Å². The normalized spacial score (nSPS) is 14.0. The van der Waals surface area contributed by atoms with Crippen molar-refractivity contribution >= 4 is 0 Å². The summed E-state index contributed by atoms with van der Waals surface area (Å²) < 4.78 is 53.5. The Kier molecular flexibility index (Phi) is 4.59. The lowest BCUT2D eigenvalue weighted by Crippen LogP contribution is -2.22. The molecule has 0 amide bonds. The molecule has 0 aliphatic carbocycles. The third-order valence-electron chi connectivity index (χ3n) is 3.25. The minimum absolute atomic E-state index is 0.166. The van der Waals surface area contributed by atoms with Crippen molar-refractivity contribution in [2.75, 3.05) is 6.54 Å². The van der Waals surface area contributed by atoms with Gasteiger partial charge in [-0.25, -0.2) is 17.6 Å². The molecule has 112 valence electrons. The fraction of sp³-hybridized carbons (Fsp3) is 0.200. The monoisotopic (exact) mass is 299 g/mol. The third-order valence-corrected chi connectivity index (χ3v) is 3.25. The van der Waals surface area contributed by atoms with Crippen LogP contribution < -0.4 is 5.73 Å². The molecule has 0 fully saturated rings. The summed E-state index contributed by atoms with van der Waals surface area (Å²) >= 11 is 0. The van der Waals surface area contributed by atoms with Crippen molar-refractivity contribution in [2.24, 2.45) is 5.73 Å². The van der Waals surface area contributed by atoms with Crippen molar-refractivity contribution in [3.05, 3.63) is 70.8 Å². The summed E-state index contributed by atoms with van der Waals surface area (Å²) in [6.45, 7) is -0.166. The van der Waals surface area contributed by atoms with Crippen LogP contribution >= 0.6 is 0 Å². The van der Waals surface area contributed by atoms with Crippen LogP contribution in [0.25, 0.3) is 0 Å². The molecule has 2 rings (SSSR count). The molecule has 6 heteroatoms. The summed E-state index contributed by atoms with van der Waals surface area (Å²) in [4.78, 5) is 0. The van der Waals surface area contributed by atoms with Gasteiger partial charge in [-0.15, -0.1) is 0 Å². The number of halogens is 4. The van der Waals surface area contributed by atoms with Crippen LogP contribution in [-0.2, 0) is 0 Å². The molecule has 2 atom stereocenters. The van der Waals surface area contributed by atoms with Gasteiger partial charge in [0.1, 0.15) is 23.3 Å². The van der Waals surface area contributed by atoms with Gasteiger partial charge in [0.05, 0.1) is 11.7 Å². The highest BCUT2D eigenvalue weighted by molar-refractivity contribution is 5.29. The largest absolute Gasteiger partial charge is 0.388 e. The van der Waals surface area contributed by atoms with E-state index in [-0.39, 0.29) is 6.54 Å².